The van der Waals surface area contributed by atoms with Crippen LogP contribution in [-0.2, 0) is 24.9 Å². The summed E-state index contributed by atoms with van der Waals surface area (Å²) in [6.07, 6.45) is 0. The molecule has 0 amide bonds. The van der Waals surface area contributed by atoms with E-state index in [2.05, 4.69) is 20.9 Å². The quantitative estimate of drug-likeness (QED) is 0.552. The molecule has 0 spiro atoms. The minimum absolute atomic E-state index is 0.388. The number of ether oxygens (including phenoxy) is 1. The Balaban J connectivity index is 1.59. The molecular weight excluding hydrogens is 420 g/mol. The second-order valence-electron chi connectivity index (χ2n) is 7.61. The first-order valence-electron chi connectivity index (χ1n) is 10.5. The molecule has 1 aliphatic heterocycles. The van der Waals surface area contributed by atoms with E-state index < -0.39 is 11.2 Å². The summed E-state index contributed by atoms with van der Waals surface area (Å²) < 4.78 is 8.77. The summed E-state index contributed by atoms with van der Waals surface area (Å²) >= 11 is 6.31. The van der Waals surface area contributed by atoms with Crippen LogP contribution in [0.15, 0.2) is 33.9 Å². The van der Waals surface area contributed by atoms with Gasteiger partial charge in [-0.1, -0.05) is 29.8 Å². The molecule has 4 rings (SSSR count). The molecule has 1 aliphatic rings. The van der Waals surface area contributed by atoms with Crippen LogP contribution in [0.1, 0.15) is 12.5 Å². The first-order valence-corrected chi connectivity index (χ1v) is 10.9. The topological polar surface area (TPSA) is 88.4 Å². The Morgan fingerprint density at radius 2 is 1.90 bits per heavy atom. The number of halogens is 1. The number of H-pyrrole nitrogens is 1. The van der Waals surface area contributed by atoms with Crippen molar-refractivity contribution < 1.29 is 4.74 Å². The van der Waals surface area contributed by atoms with Gasteiger partial charge in [0.1, 0.15) is 0 Å². The van der Waals surface area contributed by atoms with Gasteiger partial charge in [-0.05, 0) is 18.6 Å². The molecule has 1 N–H and O–H groups in total. The molecule has 10 heteroatoms. The third-order valence-electron chi connectivity index (χ3n) is 5.66. The van der Waals surface area contributed by atoms with Crippen molar-refractivity contribution in [1.82, 2.24) is 24.0 Å². The van der Waals surface area contributed by atoms with Crippen LogP contribution in [0.4, 0.5) is 5.95 Å². The van der Waals surface area contributed by atoms with Crippen LogP contribution < -0.4 is 16.1 Å². The van der Waals surface area contributed by atoms with Crippen LogP contribution in [-0.4, -0.2) is 63.4 Å². The fourth-order valence-corrected chi connectivity index (χ4v) is 4.15. The number of anilines is 1. The average Bonchev–Trinajstić information content (AvgIpc) is 3.15. The van der Waals surface area contributed by atoms with E-state index in [1.807, 2.05) is 29.7 Å². The molecular formula is C21H27ClN6O3. The van der Waals surface area contributed by atoms with Gasteiger partial charge in [0.05, 0.1) is 6.61 Å². The molecule has 1 saturated heterocycles. The number of benzene rings is 1. The number of aryl methyl sites for hydroxylation is 1. The molecule has 3 heterocycles. The summed E-state index contributed by atoms with van der Waals surface area (Å²) in [4.78, 5) is 36.2. The lowest BCUT2D eigenvalue weighted by molar-refractivity contribution is 0.140. The second-order valence-corrected chi connectivity index (χ2v) is 8.01. The van der Waals surface area contributed by atoms with E-state index in [9.17, 15) is 9.59 Å². The monoisotopic (exact) mass is 446 g/mol. The molecule has 9 nitrogen and oxygen atoms in total. The molecule has 1 fully saturated rings. The number of aromatic amines is 1. The molecule has 2 aromatic heterocycles. The first-order chi connectivity index (χ1) is 15.0. The maximum Gasteiger partial charge on any atom is 0.329 e. The zero-order chi connectivity index (χ0) is 22.0. The van der Waals surface area contributed by atoms with Crippen molar-refractivity contribution in [3.05, 3.63) is 55.7 Å². The SMILES string of the molecule is CCOCCn1c(N2CCN(Cc3ccccc3Cl)CC2)nc2c1c(=O)[nH]c(=O)n2C. The lowest BCUT2D eigenvalue weighted by Gasteiger charge is -2.35. The van der Waals surface area contributed by atoms with Crippen molar-refractivity contribution in [1.29, 1.82) is 0 Å². The smallest absolute Gasteiger partial charge is 0.329 e. The van der Waals surface area contributed by atoms with Gasteiger partial charge in [0.15, 0.2) is 11.2 Å². The summed E-state index contributed by atoms with van der Waals surface area (Å²) in [6.45, 7) is 7.47. The lowest BCUT2D eigenvalue weighted by Crippen LogP contribution is -2.47. The van der Waals surface area contributed by atoms with Crippen molar-refractivity contribution in [3.8, 4) is 0 Å². The highest BCUT2D eigenvalue weighted by Gasteiger charge is 2.25. The molecule has 0 saturated carbocycles. The van der Waals surface area contributed by atoms with Crippen molar-refractivity contribution in [2.45, 2.75) is 20.0 Å². The fraction of sp³-hybridized carbons (Fsp3) is 0.476. The third kappa shape index (κ3) is 4.39. The Kier molecular flexibility index (Phi) is 6.45. The van der Waals surface area contributed by atoms with E-state index in [4.69, 9.17) is 21.3 Å². The number of fused-ring (bicyclic) bond motifs is 1. The number of piperazine rings is 1. The number of nitrogens with zero attached hydrogens (tertiary/aromatic N) is 5. The summed E-state index contributed by atoms with van der Waals surface area (Å²) in [7, 11) is 1.62. The average molecular weight is 447 g/mol. The molecule has 3 aromatic rings. The normalized spacial score (nSPS) is 15.1. The molecule has 31 heavy (non-hydrogen) atoms. The minimum atomic E-state index is -0.469. The van der Waals surface area contributed by atoms with Crippen molar-refractivity contribution in [2.75, 3.05) is 44.3 Å². The van der Waals surface area contributed by atoms with Crippen molar-refractivity contribution in [3.63, 3.8) is 0 Å². The van der Waals surface area contributed by atoms with Crippen molar-refractivity contribution >= 4 is 28.7 Å². The van der Waals surface area contributed by atoms with Gasteiger partial charge in [0.25, 0.3) is 5.56 Å². The van der Waals surface area contributed by atoms with E-state index in [0.29, 0.717) is 36.9 Å². The molecule has 1 aromatic carbocycles. The summed E-state index contributed by atoms with van der Waals surface area (Å²) in [5, 5.41) is 0.780. The fourth-order valence-electron chi connectivity index (χ4n) is 3.95. The standard InChI is InChI=1S/C21H27ClN6O3/c1-3-31-13-12-28-17-18(25(2)21(30)24-19(17)29)23-20(28)27-10-8-26(9-11-27)14-15-6-4-5-7-16(15)22/h4-7H,3,8-14H2,1-2H3,(H,24,29,30). The molecule has 0 unspecified atom stereocenters. The van der Waals surface area contributed by atoms with E-state index in [1.54, 1.807) is 7.05 Å². The van der Waals surface area contributed by atoms with Gasteiger partial charge >= 0.3 is 5.69 Å². The predicted octanol–water partition coefficient (Wildman–Crippen LogP) is 1.44. The van der Waals surface area contributed by atoms with Crippen LogP contribution in [0.25, 0.3) is 11.2 Å². The van der Waals surface area contributed by atoms with E-state index >= 15 is 0 Å². The Bertz CT molecular complexity index is 1180. The second kappa shape index (κ2) is 9.25. The Morgan fingerprint density at radius 1 is 1.16 bits per heavy atom. The van der Waals surface area contributed by atoms with Gasteiger partial charge in [-0.15, -0.1) is 0 Å². The largest absolute Gasteiger partial charge is 0.380 e. The van der Waals surface area contributed by atoms with Crippen LogP contribution >= 0.6 is 11.6 Å². The van der Waals surface area contributed by atoms with Gasteiger partial charge in [0.2, 0.25) is 5.95 Å². The summed E-state index contributed by atoms with van der Waals surface area (Å²) in [6, 6.07) is 7.90. The number of hydrogen-bond donors (Lipinski definition) is 1. The van der Waals surface area contributed by atoms with Gasteiger partial charge in [-0.3, -0.25) is 19.2 Å². The van der Waals surface area contributed by atoms with Gasteiger partial charge < -0.3 is 14.2 Å². The highest BCUT2D eigenvalue weighted by molar-refractivity contribution is 6.31. The number of nitrogens with one attached hydrogen (secondary N) is 1. The summed E-state index contributed by atoms with van der Waals surface area (Å²) in [5.41, 5.74) is 1.01. The predicted molar refractivity (Wildman–Crippen MR) is 121 cm³/mol. The molecule has 166 valence electrons. The van der Waals surface area contributed by atoms with E-state index in [1.165, 1.54) is 4.57 Å². The van der Waals surface area contributed by atoms with Crippen LogP contribution in [0, 0.1) is 0 Å². The third-order valence-corrected chi connectivity index (χ3v) is 6.03. The maximum atomic E-state index is 12.6. The maximum absolute atomic E-state index is 12.6. The highest BCUT2D eigenvalue weighted by Crippen LogP contribution is 2.22. The lowest BCUT2D eigenvalue weighted by atomic mass is 10.2. The number of rotatable bonds is 7. The molecule has 0 atom stereocenters. The van der Waals surface area contributed by atoms with Crippen molar-refractivity contribution in [2.24, 2.45) is 7.05 Å². The zero-order valence-corrected chi connectivity index (χ0v) is 18.6. The van der Waals surface area contributed by atoms with Gasteiger partial charge in [-0.25, -0.2) is 4.79 Å². The van der Waals surface area contributed by atoms with E-state index in [0.717, 1.165) is 43.3 Å². The van der Waals surface area contributed by atoms with E-state index in [-0.39, 0.29) is 0 Å². The first kappa shape index (κ1) is 21.6. The molecule has 0 radical (unpaired) electrons. The molecule has 0 aliphatic carbocycles. The minimum Gasteiger partial charge on any atom is -0.380 e. The Hall–Kier alpha value is -2.62. The molecule has 0 bridgehead atoms. The Morgan fingerprint density at radius 3 is 2.61 bits per heavy atom. The number of hydrogen-bond acceptors (Lipinski definition) is 6. The number of aromatic nitrogens is 4. The van der Waals surface area contributed by atoms with Gasteiger partial charge in [-0.2, -0.15) is 4.98 Å². The highest BCUT2D eigenvalue weighted by atomic mass is 35.5. The van der Waals surface area contributed by atoms with Crippen LogP contribution in [0.5, 0.6) is 0 Å². The Labute approximate surface area is 184 Å². The summed E-state index contributed by atoms with van der Waals surface area (Å²) in [5.74, 6) is 0.693. The zero-order valence-electron chi connectivity index (χ0n) is 17.8. The van der Waals surface area contributed by atoms with Crippen LogP contribution in [0.2, 0.25) is 5.02 Å². The number of imidazole rings is 1. The van der Waals surface area contributed by atoms with Crippen LogP contribution in [0.3, 0.4) is 0 Å². The van der Waals surface area contributed by atoms with Gasteiger partial charge in [0, 0.05) is 57.9 Å².